The van der Waals surface area contributed by atoms with Crippen molar-refractivity contribution in [1.82, 2.24) is 14.5 Å². The average molecular weight is 165 g/mol. The fourth-order valence-corrected chi connectivity index (χ4v) is 1.71. The number of rotatable bonds is 1. The van der Waals surface area contributed by atoms with Crippen LogP contribution in [0.1, 0.15) is 12.7 Å². The molecule has 0 fully saturated rings. The molecule has 2 rings (SSSR count). The molecule has 0 bridgehead atoms. The lowest BCUT2D eigenvalue weighted by molar-refractivity contribution is 0.294. The summed E-state index contributed by atoms with van der Waals surface area (Å²) < 4.78 is 2.26. The summed E-state index contributed by atoms with van der Waals surface area (Å²) in [6, 6.07) is 0. The molecule has 0 spiro atoms. The Balaban J connectivity index is 2.10. The lowest BCUT2D eigenvalue weighted by Gasteiger charge is -2.15. The SMILES string of the molecule is CCN1CCc2nccn2CC1. The quantitative estimate of drug-likeness (QED) is 0.612. The van der Waals surface area contributed by atoms with Crippen LogP contribution in [0.25, 0.3) is 0 Å². The first-order valence-corrected chi connectivity index (χ1v) is 4.62. The van der Waals surface area contributed by atoms with Crippen LogP contribution in [0.15, 0.2) is 12.4 Å². The minimum Gasteiger partial charge on any atom is -0.334 e. The van der Waals surface area contributed by atoms with Crippen LogP contribution in [0, 0.1) is 0 Å². The second kappa shape index (κ2) is 3.27. The second-order valence-electron chi connectivity index (χ2n) is 3.22. The lowest BCUT2D eigenvalue weighted by Crippen LogP contribution is -2.26. The highest BCUT2D eigenvalue weighted by atomic mass is 15.2. The number of imidazole rings is 1. The summed E-state index contributed by atoms with van der Waals surface area (Å²) in [4.78, 5) is 6.79. The Labute approximate surface area is 73.0 Å². The van der Waals surface area contributed by atoms with Gasteiger partial charge in [-0.2, -0.15) is 0 Å². The summed E-state index contributed by atoms with van der Waals surface area (Å²) in [6.07, 6.45) is 5.08. The lowest BCUT2D eigenvalue weighted by atomic mass is 10.4. The zero-order valence-corrected chi connectivity index (χ0v) is 7.53. The van der Waals surface area contributed by atoms with Crippen molar-refractivity contribution in [2.75, 3.05) is 19.6 Å². The van der Waals surface area contributed by atoms with E-state index in [2.05, 4.69) is 27.6 Å². The summed E-state index contributed by atoms with van der Waals surface area (Å²) >= 11 is 0. The molecule has 0 aromatic carbocycles. The highest BCUT2D eigenvalue weighted by Gasteiger charge is 2.11. The number of nitrogens with zero attached hydrogens (tertiary/aromatic N) is 3. The highest BCUT2D eigenvalue weighted by Crippen LogP contribution is 2.05. The maximum atomic E-state index is 4.32. The van der Waals surface area contributed by atoms with Gasteiger partial charge < -0.3 is 9.47 Å². The topological polar surface area (TPSA) is 21.1 Å². The van der Waals surface area contributed by atoms with Gasteiger partial charge >= 0.3 is 0 Å². The number of fused-ring (bicyclic) bond motifs is 1. The molecule has 12 heavy (non-hydrogen) atoms. The van der Waals surface area contributed by atoms with Gasteiger partial charge in [0.15, 0.2) is 0 Å². The molecule has 2 heterocycles. The molecule has 1 aromatic rings. The molecule has 0 radical (unpaired) electrons. The Morgan fingerprint density at radius 2 is 2.33 bits per heavy atom. The first-order chi connectivity index (χ1) is 5.90. The van der Waals surface area contributed by atoms with E-state index in [4.69, 9.17) is 0 Å². The molecule has 0 saturated heterocycles. The van der Waals surface area contributed by atoms with E-state index in [-0.39, 0.29) is 0 Å². The van der Waals surface area contributed by atoms with Crippen LogP contribution >= 0.6 is 0 Å². The van der Waals surface area contributed by atoms with Gasteiger partial charge in [0.2, 0.25) is 0 Å². The Morgan fingerprint density at radius 3 is 3.17 bits per heavy atom. The third-order valence-electron chi connectivity index (χ3n) is 2.56. The molecule has 0 atom stereocenters. The van der Waals surface area contributed by atoms with Crippen LogP contribution in [-0.4, -0.2) is 34.1 Å². The van der Waals surface area contributed by atoms with Crippen molar-refractivity contribution >= 4 is 0 Å². The monoisotopic (exact) mass is 165 g/mol. The predicted molar refractivity (Wildman–Crippen MR) is 48.0 cm³/mol. The van der Waals surface area contributed by atoms with Gasteiger partial charge in [-0.1, -0.05) is 6.92 Å². The predicted octanol–water partition coefficient (Wildman–Crippen LogP) is 0.761. The molecule has 1 aromatic heterocycles. The van der Waals surface area contributed by atoms with Crippen LogP contribution < -0.4 is 0 Å². The first kappa shape index (κ1) is 7.80. The van der Waals surface area contributed by atoms with Gasteiger partial charge in [-0.25, -0.2) is 4.98 Å². The van der Waals surface area contributed by atoms with E-state index in [9.17, 15) is 0 Å². The molecule has 0 saturated carbocycles. The molecule has 3 heteroatoms. The molecule has 1 aliphatic heterocycles. The van der Waals surface area contributed by atoms with Gasteiger partial charge in [0.05, 0.1) is 0 Å². The van der Waals surface area contributed by atoms with Gasteiger partial charge in [0.1, 0.15) is 5.82 Å². The van der Waals surface area contributed by atoms with Crippen molar-refractivity contribution in [1.29, 1.82) is 0 Å². The zero-order chi connectivity index (χ0) is 8.39. The minimum atomic E-state index is 1.10. The standard InChI is InChI=1S/C9H15N3/c1-2-11-5-3-9-10-4-6-12(9)8-7-11/h4,6H,2-3,5,7-8H2,1H3. The molecule has 66 valence electrons. The Morgan fingerprint density at radius 1 is 1.42 bits per heavy atom. The van der Waals surface area contributed by atoms with Crippen molar-refractivity contribution in [3.8, 4) is 0 Å². The average Bonchev–Trinajstić information content (AvgIpc) is 2.46. The van der Waals surface area contributed by atoms with Crippen LogP contribution in [-0.2, 0) is 13.0 Å². The summed E-state index contributed by atoms with van der Waals surface area (Å²) in [5.41, 5.74) is 0. The number of hydrogen-bond acceptors (Lipinski definition) is 2. The highest BCUT2D eigenvalue weighted by molar-refractivity contribution is 4.95. The zero-order valence-electron chi connectivity index (χ0n) is 7.53. The molecule has 0 N–H and O–H groups in total. The molecular formula is C9H15N3. The number of hydrogen-bond donors (Lipinski definition) is 0. The van der Waals surface area contributed by atoms with E-state index >= 15 is 0 Å². The van der Waals surface area contributed by atoms with Crippen LogP contribution in [0.5, 0.6) is 0 Å². The van der Waals surface area contributed by atoms with E-state index in [0.29, 0.717) is 0 Å². The molecule has 1 aliphatic rings. The van der Waals surface area contributed by atoms with Gasteiger partial charge in [-0.15, -0.1) is 0 Å². The van der Waals surface area contributed by atoms with Crippen molar-refractivity contribution in [2.24, 2.45) is 0 Å². The third-order valence-corrected chi connectivity index (χ3v) is 2.56. The van der Waals surface area contributed by atoms with E-state index in [0.717, 1.165) is 26.1 Å². The fraction of sp³-hybridized carbons (Fsp3) is 0.667. The Hall–Kier alpha value is -0.830. The van der Waals surface area contributed by atoms with Crippen LogP contribution in [0.2, 0.25) is 0 Å². The van der Waals surface area contributed by atoms with E-state index < -0.39 is 0 Å². The molecular weight excluding hydrogens is 150 g/mol. The first-order valence-electron chi connectivity index (χ1n) is 4.62. The largest absolute Gasteiger partial charge is 0.334 e. The van der Waals surface area contributed by atoms with Crippen molar-refractivity contribution in [3.63, 3.8) is 0 Å². The summed E-state index contributed by atoms with van der Waals surface area (Å²) in [7, 11) is 0. The third kappa shape index (κ3) is 1.37. The molecule has 3 nitrogen and oxygen atoms in total. The van der Waals surface area contributed by atoms with Crippen molar-refractivity contribution in [2.45, 2.75) is 19.9 Å². The molecule has 0 unspecified atom stereocenters. The maximum Gasteiger partial charge on any atom is 0.109 e. The van der Waals surface area contributed by atoms with Gasteiger partial charge in [0.25, 0.3) is 0 Å². The second-order valence-corrected chi connectivity index (χ2v) is 3.22. The van der Waals surface area contributed by atoms with E-state index in [1.54, 1.807) is 0 Å². The number of likely N-dealkylation sites (N-methyl/N-ethyl adjacent to an activating group) is 1. The normalized spacial score (nSPS) is 18.8. The summed E-state index contributed by atoms with van der Waals surface area (Å²) in [5, 5.41) is 0. The van der Waals surface area contributed by atoms with Gasteiger partial charge in [0, 0.05) is 38.4 Å². The van der Waals surface area contributed by atoms with Crippen molar-refractivity contribution < 1.29 is 0 Å². The van der Waals surface area contributed by atoms with Gasteiger partial charge in [-0.3, -0.25) is 0 Å². The van der Waals surface area contributed by atoms with Gasteiger partial charge in [-0.05, 0) is 6.54 Å². The van der Waals surface area contributed by atoms with E-state index in [1.165, 1.54) is 12.4 Å². The fourth-order valence-electron chi connectivity index (χ4n) is 1.71. The summed E-state index contributed by atoms with van der Waals surface area (Å²) in [5.74, 6) is 1.24. The van der Waals surface area contributed by atoms with Crippen LogP contribution in [0.3, 0.4) is 0 Å². The van der Waals surface area contributed by atoms with Crippen molar-refractivity contribution in [3.05, 3.63) is 18.2 Å². The smallest absolute Gasteiger partial charge is 0.109 e. The van der Waals surface area contributed by atoms with E-state index in [1.807, 2.05) is 6.20 Å². The molecule has 0 amide bonds. The maximum absolute atomic E-state index is 4.32. The number of aromatic nitrogens is 2. The molecule has 0 aliphatic carbocycles. The Kier molecular flexibility index (Phi) is 2.13. The Bertz CT molecular complexity index is 232. The summed E-state index contributed by atoms with van der Waals surface area (Å²) in [6.45, 7) is 6.80. The minimum absolute atomic E-state index is 1.10. The van der Waals surface area contributed by atoms with Crippen LogP contribution in [0.4, 0.5) is 0 Å².